The highest BCUT2D eigenvalue weighted by molar-refractivity contribution is 6.06. The minimum absolute atomic E-state index is 0.177. The summed E-state index contributed by atoms with van der Waals surface area (Å²) in [5, 5.41) is 21.0. The van der Waals surface area contributed by atoms with E-state index >= 15 is 0 Å². The van der Waals surface area contributed by atoms with Gasteiger partial charge in [-0.3, -0.25) is 0 Å². The van der Waals surface area contributed by atoms with Crippen molar-refractivity contribution in [3.8, 4) is 5.75 Å². The molecule has 22 heavy (non-hydrogen) atoms. The number of phenolic OH excluding ortho intramolecular Hbond substituents is 1. The van der Waals surface area contributed by atoms with Gasteiger partial charge in [0, 0.05) is 5.39 Å². The highest BCUT2D eigenvalue weighted by atomic mass is 16.4. The molecule has 0 aromatic heterocycles. The van der Waals surface area contributed by atoms with E-state index in [1.54, 1.807) is 30.3 Å². The maximum atomic E-state index is 11.5. The number of carboxylic acid groups (broad SMARTS) is 1. The van der Waals surface area contributed by atoms with Crippen LogP contribution in [-0.2, 0) is 12.8 Å². The van der Waals surface area contributed by atoms with Crippen LogP contribution in [0.25, 0.3) is 10.8 Å². The Kier molecular flexibility index (Phi) is 3.79. The van der Waals surface area contributed by atoms with Crippen molar-refractivity contribution in [2.24, 2.45) is 0 Å². The monoisotopic (exact) mass is 292 g/mol. The van der Waals surface area contributed by atoms with Crippen molar-refractivity contribution < 1.29 is 15.0 Å². The maximum Gasteiger partial charge on any atom is 0.336 e. The van der Waals surface area contributed by atoms with Crippen LogP contribution in [0.3, 0.4) is 0 Å². The molecule has 0 aliphatic carbocycles. The number of aromatic carboxylic acids is 1. The van der Waals surface area contributed by atoms with Crippen molar-refractivity contribution in [1.29, 1.82) is 0 Å². The Balaban J connectivity index is 2.02. The molecule has 0 saturated heterocycles. The van der Waals surface area contributed by atoms with Gasteiger partial charge in [-0.25, -0.2) is 4.79 Å². The second-order valence-electron chi connectivity index (χ2n) is 5.27. The molecule has 3 nitrogen and oxygen atoms in total. The summed E-state index contributed by atoms with van der Waals surface area (Å²) in [6, 6.07) is 18.6. The molecule has 0 amide bonds. The van der Waals surface area contributed by atoms with Gasteiger partial charge in [-0.1, -0.05) is 54.6 Å². The molecule has 3 aromatic rings. The van der Waals surface area contributed by atoms with Crippen molar-refractivity contribution in [2.75, 3.05) is 0 Å². The summed E-state index contributed by atoms with van der Waals surface area (Å²) >= 11 is 0. The second-order valence-corrected chi connectivity index (χ2v) is 5.27. The zero-order chi connectivity index (χ0) is 15.5. The van der Waals surface area contributed by atoms with Crippen LogP contribution < -0.4 is 0 Å². The Morgan fingerprint density at radius 2 is 1.50 bits per heavy atom. The van der Waals surface area contributed by atoms with Crippen LogP contribution in [0, 0.1) is 0 Å². The molecule has 0 aliphatic heterocycles. The number of fused-ring (bicyclic) bond motifs is 1. The summed E-state index contributed by atoms with van der Waals surface area (Å²) in [7, 11) is 0. The van der Waals surface area contributed by atoms with Crippen molar-refractivity contribution in [3.63, 3.8) is 0 Å². The molecule has 0 spiro atoms. The molecule has 0 heterocycles. The molecule has 0 saturated carbocycles. The van der Waals surface area contributed by atoms with Crippen LogP contribution in [0.1, 0.15) is 21.5 Å². The summed E-state index contributed by atoms with van der Waals surface area (Å²) in [6.07, 6.45) is 1.35. The van der Waals surface area contributed by atoms with E-state index in [2.05, 4.69) is 0 Å². The van der Waals surface area contributed by atoms with E-state index in [0.29, 0.717) is 22.8 Å². The fraction of sp³-hybridized carbons (Fsp3) is 0.105. The van der Waals surface area contributed by atoms with Crippen molar-refractivity contribution in [1.82, 2.24) is 0 Å². The normalized spacial score (nSPS) is 10.7. The summed E-state index contributed by atoms with van der Waals surface area (Å²) in [6.45, 7) is 0. The van der Waals surface area contributed by atoms with Crippen molar-refractivity contribution in [3.05, 3.63) is 77.4 Å². The predicted octanol–water partition coefficient (Wildman–Crippen LogP) is 4.03. The van der Waals surface area contributed by atoms with Gasteiger partial charge in [-0.05, 0) is 35.4 Å². The number of hydrogen-bond donors (Lipinski definition) is 2. The smallest absolute Gasteiger partial charge is 0.336 e. The number of rotatable bonds is 4. The maximum absolute atomic E-state index is 11.5. The first-order valence-corrected chi connectivity index (χ1v) is 7.17. The molecular weight excluding hydrogens is 276 g/mol. The Morgan fingerprint density at radius 1 is 0.864 bits per heavy atom. The lowest BCUT2D eigenvalue weighted by atomic mass is 9.96. The average molecular weight is 292 g/mol. The van der Waals surface area contributed by atoms with E-state index in [0.717, 1.165) is 12.0 Å². The van der Waals surface area contributed by atoms with Gasteiger partial charge in [0.1, 0.15) is 5.75 Å². The Labute approximate surface area is 128 Å². The molecule has 0 radical (unpaired) electrons. The summed E-state index contributed by atoms with van der Waals surface area (Å²) in [4.78, 5) is 11.5. The number of hydrogen-bond acceptors (Lipinski definition) is 2. The zero-order valence-electron chi connectivity index (χ0n) is 12.0. The fourth-order valence-electron chi connectivity index (χ4n) is 2.71. The van der Waals surface area contributed by atoms with Crippen LogP contribution in [-0.4, -0.2) is 16.2 Å². The number of phenols is 1. The van der Waals surface area contributed by atoms with Gasteiger partial charge in [0.15, 0.2) is 0 Å². The molecule has 2 N–H and O–H groups in total. The molecule has 0 unspecified atom stereocenters. The standard InChI is InChI=1S/C19H16O3/c20-18-14(11-10-13-6-2-1-3-7-13)12-17(19(21)22)15-8-4-5-9-16(15)18/h1-9,12,20H,10-11H2,(H,21,22). The van der Waals surface area contributed by atoms with Gasteiger partial charge in [-0.15, -0.1) is 0 Å². The van der Waals surface area contributed by atoms with Crippen LogP contribution in [0.2, 0.25) is 0 Å². The second kappa shape index (κ2) is 5.90. The topological polar surface area (TPSA) is 57.5 Å². The van der Waals surface area contributed by atoms with E-state index in [-0.39, 0.29) is 11.3 Å². The fourth-order valence-corrected chi connectivity index (χ4v) is 2.71. The Hall–Kier alpha value is -2.81. The average Bonchev–Trinajstić information content (AvgIpc) is 2.55. The lowest BCUT2D eigenvalue weighted by Crippen LogP contribution is -2.01. The predicted molar refractivity (Wildman–Crippen MR) is 86.4 cm³/mol. The lowest BCUT2D eigenvalue weighted by molar-refractivity contribution is 0.0699. The largest absolute Gasteiger partial charge is 0.507 e. The van der Waals surface area contributed by atoms with Crippen molar-refractivity contribution in [2.45, 2.75) is 12.8 Å². The summed E-state index contributed by atoms with van der Waals surface area (Å²) in [5.74, 6) is -0.798. The van der Waals surface area contributed by atoms with Gasteiger partial charge in [-0.2, -0.15) is 0 Å². The Bertz CT molecular complexity index is 823. The summed E-state index contributed by atoms with van der Waals surface area (Å²) in [5.41, 5.74) is 2.06. The molecule has 3 aromatic carbocycles. The molecule has 0 bridgehead atoms. The molecule has 110 valence electrons. The van der Waals surface area contributed by atoms with Crippen LogP contribution >= 0.6 is 0 Å². The number of carboxylic acids is 1. The molecule has 3 rings (SSSR count). The van der Waals surface area contributed by atoms with E-state index < -0.39 is 5.97 Å². The zero-order valence-corrected chi connectivity index (χ0v) is 12.0. The third kappa shape index (κ3) is 2.66. The third-order valence-electron chi connectivity index (χ3n) is 3.85. The SMILES string of the molecule is O=C(O)c1cc(CCc2ccccc2)c(O)c2ccccc12. The third-order valence-corrected chi connectivity index (χ3v) is 3.85. The van der Waals surface area contributed by atoms with Gasteiger partial charge in [0.2, 0.25) is 0 Å². The van der Waals surface area contributed by atoms with Gasteiger partial charge in [0.25, 0.3) is 0 Å². The lowest BCUT2D eigenvalue weighted by Gasteiger charge is -2.11. The number of carbonyl (C=O) groups is 1. The minimum Gasteiger partial charge on any atom is -0.507 e. The summed E-state index contributed by atoms with van der Waals surface area (Å²) < 4.78 is 0. The van der Waals surface area contributed by atoms with Gasteiger partial charge >= 0.3 is 5.97 Å². The minimum atomic E-state index is -0.975. The van der Waals surface area contributed by atoms with Crippen LogP contribution in [0.5, 0.6) is 5.75 Å². The number of aryl methyl sites for hydroxylation is 2. The molecule has 0 aliphatic rings. The van der Waals surface area contributed by atoms with E-state index in [1.807, 2.05) is 30.3 Å². The van der Waals surface area contributed by atoms with Crippen LogP contribution in [0.15, 0.2) is 60.7 Å². The first-order chi connectivity index (χ1) is 10.7. The highest BCUT2D eigenvalue weighted by Gasteiger charge is 2.15. The molecule has 3 heteroatoms. The van der Waals surface area contributed by atoms with Crippen molar-refractivity contribution >= 4 is 16.7 Å². The first-order valence-electron chi connectivity index (χ1n) is 7.17. The Morgan fingerprint density at radius 3 is 2.18 bits per heavy atom. The number of benzene rings is 3. The first kappa shape index (κ1) is 14.1. The quantitative estimate of drug-likeness (QED) is 0.763. The van der Waals surface area contributed by atoms with Gasteiger partial charge < -0.3 is 10.2 Å². The van der Waals surface area contributed by atoms with E-state index in [1.165, 1.54) is 0 Å². The molecule has 0 atom stereocenters. The van der Waals surface area contributed by atoms with Crippen LogP contribution in [0.4, 0.5) is 0 Å². The highest BCUT2D eigenvalue weighted by Crippen LogP contribution is 2.32. The van der Waals surface area contributed by atoms with E-state index in [4.69, 9.17) is 0 Å². The number of aromatic hydroxyl groups is 1. The van der Waals surface area contributed by atoms with Gasteiger partial charge in [0.05, 0.1) is 5.56 Å². The molecule has 0 fully saturated rings. The molecular formula is C19H16O3. The van der Waals surface area contributed by atoms with E-state index in [9.17, 15) is 15.0 Å².